The van der Waals surface area contributed by atoms with E-state index in [1.807, 2.05) is 0 Å². The molecule has 1 heterocycles. The normalized spacial score (nSPS) is 10.3. The molecule has 1 amide bonds. The molecular weight excluding hydrogens is 302 g/mol. The van der Waals surface area contributed by atoms with Gasteiger partial charge in [-0.3, -0.25) is 9.59 Å². The van der Waals surface area contributed by atoms with Gasteiger partial charge in [0.1, 0.15) is 0 Å². The summed E-state index contributed by atoms with van der Waals surface area (Å²) in [6, 6.07) is 4.74. The standard InChI is InChI=1S/C12H10ClN3O3S/c1-14-11(18)6-2-3-7-8(4-6)15-10(13)12(16-7)19-9(17)5-20/h2-4,20H,5H2,1H3,(H,14,18). The maximum atomic E-state index is 11.5. The van der Waals surface area contributed by atoms with E-state index in [4.69, 9.17) is 16.3 Å². The summed E-state index contributed by atoms with van der Waals surface area (Å²) in [7, 11) is 1.53. The van der Waals surface area contributed by atoms with Gasteiger partial charge in [0.25, 0.3) is 11.8 Å². The van der Waals surface area contributed by atoms with E-state index in [0.717, 1.165) is 0 Å². The van der Waals surface area contributed by atoms with Crippen LogP contribution in [0.15, 0.2) is 18.2 Å². The molecule has 8 heteroatoms. The van der Waals surface area contributed by atoms with E-state index in [2.05, 4.69) is 27.9 Å². The zero-order valence-electron chi connectivity index (χ0n) is 10.4. The maximum absolute atomic E-state index is 11.5. The highest BCUT2D eigenvalue weighted by Gasteiger charge is 2.13. The molecule has 0 radical (unpaired) electrons. The molecule has 1 aromatic carbocycles. The molecule has 0 aliphatic rings. The highest BCUT2D eigenvalue weighted by atomic mass is 35.5. The van der Waals surface area contributed by atoms with Crippen molar-refractivity contribution in [1.82, 2.24) is 15.3 Å². The van der Waals surface area contributed by atoms with Crippen LogP contribution in [0.1, 0.15) is 10.4 Å². The first kappa shape index (κ1) is 14.5. The minimum Gasteiger partial charge on any atom is -0.403 e. The fourth-order valence-corrected chi connectivity index (χ4v) is 1.74. The van der Waals surface area contributed by atoms with E-state index in [-0.39, 0.29) is 22.7 Å². The van der Waals surface area contributed by atoms with Gasteiger partial charge in [-0.25, -0.2) is 9.97 Å². The number of hydrogen-bond donors (Lipinski definition) is 2. The average Bonchev–Trinajstić information content (AvgIpc) is 2.46. The molecule has 0 spiro atoms. The van der Waals surface area contributed by atoms with Crippen LogP contribution in [0.5, 0.6) is 5.88 Å². The second-order valence-electron chi connectivity index (χ2n) is 3.73. The molecule has 0 atom stereocenters. The van der Waals surface area contributed by atoms with Crippen LogP contribution in [-0.2, 0) is 4.79 Å². The van der Waals surface area contributed by atoms with Gasteiger partial charge < -0.3 is 10.1 Å². The predicted octanol–water partition coefficient (Wildman–Crippen LogP) is 1.48. The minimum atomic E-state index is -0.578. The van der Waals surface area contributed by atoms with Gasteiger partial charge in [0, 0.05) is 12.6 Å². The molecule has 0 aliphatic carbocycles. The third-order valence-corrected chi connectivity index (χ3v) is 2.93. The van der Waals surface area contributed by atoms with Crippen molar-refractivity contribution in [2.75, 3.05) is 12.8 Å². The molecule has 0 fully saturated rings. The third-order valence-electron chi connectivity index (χ3n) is 2.42. The van der Waals surface area contributed by atoms with E-state index in [1.54, 1.807) is 18.2 Å². The number of rotatable bonds is 3. The number of carbonyl (C=O) groups is 2. The van der Waals surface area contributed by atoms with Gasteiger partial charge in [0.2, 0.25) is 0 Å². The number of amides is 1. The minimum absolute atomic E-state index is 0.0540. The highest BCUT2D eigenvalue weighted by Crippen LogP contribution is 2.24. The first-order chi connectivity index (χ1) is 9.55. The lowest BCUT2D eigenvalue weighted by atomic mass is 10.2. The lowest BCUT2D eigenvalue weighted by Crippen LogP contribution is -2.17. The molecule has 0 saturated carbocycles. The zero-order chi connectivity index (χ0) is 14.7. The quantitative estimate of drug-likeness (QED) is 0.663. The second-order valence-corrected chi connectivity index (χ2v) is 4.41. The van der Waals surface area contributed by atoms with Crippen molar-refractivity contribution in [3.05, 3.63) is 28.9 Å². The Labute approximate surface area is 124 Å². The monoisotopic (exact) mass is 311 g/mol. The van der Waals surface area contributed by atoms with Gasteiger partial charge in [-0.15, -0.1) is 0 Å². The molecule has 2 aromatic rings. The van der Waals surface area contributed by atoms with Gasteiger partial charge in [-0.2, -0.15) is 12.6 Å². The molecule has 104 valence electrons. The van der Waals surface area contributed by atoms with Gasteiger partial charge >= 0.3 is 5.97 Å². The SMILES string of the molecule is CNC(=O)c1ccc2nc(OC(=O)CS)c(Cl)nc2c1. The smallest absolute Gasteiger partial charge is 0.322 e. The first-order valence-electron chi connectivity index (χ1n) is 5.56. The van der Waals surface area contributed by atoms with Crippen molar-refractivity contribution >= 4 is 47.1 Å². The van der Waals surface area contributed by atoms with Crippen molar-refractivity contribution < 1.29 is 14.3 Å². The largest absolute Gasteiger partial charge is 0.403 e. The van der Waals surface area contributed by atoms with Crippen LogP contribution in [0.25, 0.3) is 11.0 Å². The van der Waals surface area contributed by atoms with E-state index < -0.39 is 5.97 Å². The average molecular weight is 312 g/mol. The summed E-state index contributed by atoms with van der Waals surface area (Å²) in [5, 5.41) is 2.45. The molecule has 6 nitrogen and oxygen atoms in total. The fraction of sp³-hybridized carbons (Fsp3) is 0.167. The number of hydrogen-bond acceptors (Lipinski definition) is 6. The lowest BCUT2D eigenvalue weighted by molar-refractivity contribution is -0.131. The van der Waals surface area contributed by atoms with Crippen LogP contribution in [0.4, 0.5) is 0 Å². The summed E-state index contributed by atoms with van der Waals surface area (Å²) < 4.78 is 4.90. The van der Waals surface area contributed by atoms with Crippen LogP contribution in [-0.4, -0.2) is 34.6 Å². The summed E-state index contributed by atoms with van der Waals surface area (Å²) in [6.07, 6.45) is 0. The van der Waals surface area contributed by atoms with Crippen molar-refractivity contribution in [1.29, 1.82) is 0 Å². The molecule has 1 N–H and O–H groups in total. The molecule has 0 saturated heterocycles. The Morgan fingerprint density at radius 2 is 2.10 bits per heavy atom. The Bertz CT molecular complexity index is 693. The number of nitrogens with one attached hydrogen (secondary N) is 1. The number of nitrogens with zero attached hydrogens (tertiary/aromatic N) is 2. The highest BCUT2D eigenvalue weighted by molar-refractivity contribution is 7.81. The zero-order valence-corrected chi connectivity index (χ0v) is 12.0. The fourth-order valence-electron chi connectivity index (χ4n) is 1.51. The predicted molar refractivity (Wildman–Crippen MR) is 77.4 cm³/mol. The van der Waals surface area contributed by atoms with Gasteiger partial charge in [-0.1, -0.05) is 11.6 Å². The molecule has 1 aromatic heterocycles. The number of aromatic nitrogens is 2. The van der Waals surface area contributed by atoms with Gasteiger partial charge in [-0.05, 0) is 18.2 Å². The second kappa shape index (κ2) is 6.06. The van der Waals surface area contributed by atoms with E-state index in [9.17, 15) is 9.59 Å². The number of ether oxygens (including phenoxy) is 1. The number of halogens is 1. The van der Waals surface area contributed by atoms with Crippen LogP contribution < -0.4 is 10.1 Å². The van der Waals surface area contributed by atoms with E-state index >= 15 is 0 Å². The summed E-state index contributed by atoms with van der Waals surface area (Å²) in [4.78, 5) is 30.8. The van der Waals surface area contributed by atoms with Crippen molar-refractivity contribution in [3.8, 4) is 5.88 Å². The Morgan fingerprint density at radius 1 is 1.35 bits per heavy atom. The molecule has 0 unspecified atom stereocenters. The number of carbonyl (C=O) groups excluding carboxylic acids is 2. The Hall–Kier alpha value is -1.86. The van der Waals surface area contributed by atoms with Crippen LogP contribution in [0, 0.1) is 0 Å². The van der Waals surface area contributed by atoms with E-state index in [1.165, 1.54) is 7.05 Å². The summed E-state index contributed by atoms with van der Waals surface area (Å²) in [5.41, 5.74) is 1.33. The molecular formula is C12H10ClN3O3S. The third kappa shape index (κ3) is 3.00. The van der Waals surface area contributed by atoms with Crippen molar-refractivity contribution in [2.45, 2.75) is 0 Å². The van der Waals surface area contributed by atoms with Crippen LogP contribution in [0.3, 0.4) is 0 Å². The number of esters is 1. The van der Waals surface area contributed by atoms with Crippen molar-refractivity contribution in [3.63, 3.8) is 0 Å². The van der Waals surface area contributed by atoms with Gasteiger partial charge in [0.05, 0.1) is 16.8 Å². The molecule has 20 heavy (non-hydrogen) atoms. The van der Waals surface area contributed by atoms with Crippen LogP contribution >= 0.6 is 24.2 Å². The molecule has 2 rings (SSSR count). The lowest BCUT2D eigenvalue weighted by Gasteiger charge is -2.06. The maximum Gasteiger partial charge on any atom is 0.322 e. The number of benzene rings is 1. The summed E-state index contributed by atoms with van der Waals surface area (Å²) >= 11 is 9.68. The first-order valence-corrected chi connectivity index (χ1v) is 6.57. The van der Waals surface area contributed by atoms with E-state index in [0.29, 0.717) is 16.6 Å². The Morgan fingerprint density at radius 3 is 2.75 bits per heavy atom. The molecule has 0 aliphatic heterocycles. The summed E-state index contributed by atoms with van der Waals surface area (Å²) in [5.74, 6) is -0.988. The topological polar surface area (TPSA) is 81.2 Å². The Balaban J connectivity index is 2.45. The van der Waals surface area contributed by atoms with Crippen molar-refractivity contribution in [2.24, 2.45) is 0 Å². The van der Waals surface area contributed by atoms with Crippen LogP contribution in [0.2, 0.25) is 5.15 Å². The number of thiol groups is 1. The van der Waals surface area contributed by atoms with Gasteiger partial charge in [0.15, 0.2) is 5.15 Å². The summed E-state index contributed by atoms with van der Waals surface area (Å²) in [6.45, 7) is 0. The number of fused-ring (bicyclic) bond motifs is 1. The molecule has 0 bridgehead atoms. The Kier molecular flexibility index (Phi) is 4.41.